The van der Waals surface area contributed by atoms with Crippen LogP contribution in [0.5, 0.6) is 0 Å². The molecule has 0 aromatic heterocycles. The van der Waals surface area contributed by atoms with Gasteiger partial charge in [0.15, 0.2) is 0 Å². The molecule has 1 rings (SSSR count). The second-order valence-corrected chi connectivity index (χ2v) is 3.92. The molecule has 0 heterocycles. The van der Waals surface area contributed by atoms with Crippen molar-refractivity contribution in [2.24, 2.45) is 11.8 Å². The number of hydrogen-bond donors (Lipinski definition) is 1. The van der Waals surface area contributed by atoms with Crippen LogP contribution in [0.2, 0.25) is 0 Å². The lowest BCUT2D eigenvalue weighted by atomic mass is 9.98. The molecular weight excluding hydrogens is 179 g/mol. The van der Waals surface area contributed by atoms with Gasteiger partial charge in [-0.05, 0) is 31.8 Å². The molecule has 1 fully saturated rings. The maximum absolute atomic E-state index is 12.1. The van der Waals surface area contributed by atoms with Crippen LogP contribution in [0, 0.1) is 11.8 Å². The Morgan fingerprint density at radius 2 is 2.00 bits per heavy atom. The first-order chi connectivity index (χ1) is 6.01. The molecule has 78 valence electrons. The van der Waals surface area contributed by atoms with Crippen LogP contribution >= 0.6 is 0 Å². The number of nitrogens with one attached hydrogen (secondary N) is 1. The normalized spacial score (nSPS) is 20.3. The lowest BCUT2D eigenvalue weighted by Crippen LogP contribution is -2.25. The van der Waals surface area contributed by atoms with Crippen LogP contribution in [0.25, 0.3) is 0 Å². The van der Waals surface area contributed by atoms with E-state index in [1.807, 2.05) is 0 Å². The summed E-state index contributed by atoms with van der Waals surface area (Å²) in [4.78, 5) is 0. The molecule has 1 saturated carbocycles. The number of halogens is 3. The molecule has 0 aliphatic heterocycles. The highest BCUT2D eigenvalue weighted by Gasteiger charge is 2.34. The molecule has 0 saturated heterocycles. The average Bonchev–Trinajstić information content (AvgIpc) is 2.68. The maximum atomic E-state index is 12.1. The summed E-state index contributed by atoms with van der Waals surface area (Å²) >= 11 is 0. The highest BCUT2D eigenvalue weighted by Crippen LogP contribution is 2.38. The van der Waals surface area contributed by atoms with E-state index in [0.29, 0.717) is 12.5 Å². The second-order valence-electron chi connectivity index (χ2n) is 3.92. The van der Waals surface area contributed by atoms with E-state index in [1.165, 1.54) is 0 Å². The Balaban J connectivity index is 2.27. The third-order valence-corrected chi connectivity index (χ3v) is 2.38. The molecule has 13 heavy (non-hydrogen) atoms. The highest BCUT2D eigenvalue weighted by atomic mass is 19.4. The molecular formula is C9H16F3N. The van der Waals surface area contributed by atoms with Gasteiger partial charge in [0.1, 0.15) is 0 Å². The van der Waals surface area contributed by atoms with Crippen LogP contribution in [-0.2, 0) is 0 Å². The van der Waals surface area contributed by atoms with Crippen molar-refractivity contribution in [3.8, 4) is 0 Å². The van der Waals surface area contributed by atoms with Crippen LogP contribution in [0.15, 0.2) is 0 Å². The number of hydrogen-bond acceptors (Lipinski definition) is 1. The summed E-state index contributed by atoms with van der Waals surface area (Å²) in [5, 5.41) is 2.82. The third-order valence-electron chi connectivity index (χ3n) is 2.38. The van der Waals surface area contributed by atoms with E-state index in [-0.39, 0.29) is 5.92 Å². The molecule has 0 radical (unpaired) electrons. The highest BCUT2D eigenvalue weighted by molar-refractivity contribution is 4.78. The van der Waals surface area contributed by atoms with Gasteiger partial charge >= 0.3 is 6.18 Å². The fourth-order valence-electron chi connectivity index (χ4n) is 1.68. The Labute approximate surface area is 76.7 Å². The maximum Gasteiger partial charge on any atom is 0.389 e. The van der Waals surface area contributed by atoms with Gasteiger partial charge in [-0.1, -0.05) is 12.8 Å². The molecule has 4 heteroatoms. The largest absolute Gasteiger partial charge is 0.389 e. The summed E-state index contributed by atoms with van der Waals surface area (Å²) in [6, 6.07) is 0. The van der Waals surface area contributed by atoms with Crippen molar-refractivity contribution in [3.05, 3.63) is 0 Å². The molecule has 1 aliphatic rings. The zero-order chi connectivity index (χ0) is 9.90. The second kappa shape index (κ2) is 4.31. The first-order valence-electron chi connectivity index (χ1n) is 4.72. The summed E-state index contributed by atoms with van der Waals surface area (Å²) in [5.41, 5.74) is 0. The minimum Gasteiger partial charge on any atom is -0.319 e. The molecule has 1 aliphatic carbocycles. The summed E-state index contributed by atoms with van der Waals surface area (Å²) in [6.45, 7) is 0.482. The lowest BCUT2D eigenvalue weighted by Gasteiger charge is -2.17. The molecule has 0 aromatic carbocycles. The van der Waals surface area contributed by atoms with Crippen LogP contribution < -0.4 is 5.32 Å². The Morgan fingerprint density at radius 1 is 1.38 bits per heavy atom. The predicted octanol–water partition coefficient (Wildman–Crippen LogP) is 2.57. The first-order valence-corrected chi connectivity index (χ1v) is 4.72. The van der Waals surface area contributed by atoms with Crippen molar-refractivity contribution >= 4 is 0 Å². The van der Waals surface area contributed by atoms with E-state index in [9.17, 15) is 13.2 Å². The van der Waals surface area contributed by atoms with E-state index in [0.717, 1.165) is 19.3 Å². The van der Waals surface area contributed by atoms with Gasteiger partial charge in [-0.2, -0.15) is 13.2 Å². The third kappa shape index (κ3) is 5.13. The van der Waals surface area contributed by atoms with Crippen LogP contribution in [-0.4, -0.2) is 19.8 Å². The molecule has 1 atom stereocenters. The predicted molar refractivity (Wildman–Crippen MR) is 45.4 cm³/mol. The van der Waals surface area contributed by atoms with E-state index >= 15 is 0 Å². The zero-order valence-electron chi connectivity index (χ0n) is 7.82. The summed E-state index contributed by atoms with van der Waals surface area (Å²) in [6.07, 6.45) is -1.66. The molecule has 0 aromatic rings. The topological polar surface area (TPSA) is 12.0 Å². The van der Waals surface area contributed by atoms with Gasteiger partial charge in [-0.15, -0.1) is 0 Å². The first kappa shape index (κ1) is 10.8. The van der Waals surface area contributed by atoms with Gasteiger partial charge in [-0.25, -0.2) is 0 Å². The van der Waals surface area contributed by atoms with Crippen molar-refractivity contribution in [2.75, 3.05) is 13.6 Å². The van der Waals surface area contributed by atoms with Crippen molar-refractivity contribution in [3.63, 3.8) is 0 Å². The van der Waals surface area contributed by atoms with Gasteiger partial charge in [0, 0.05) is 6.42 Å². The van der Waals surface area contributed by atoms with E-state index < -0.39 is 12.6 Å². The molecule has 1 N–H and O–H groups in total. The van der Waals surface area contributed by atoms with Gasteiger partial charge in [0.05, 0.1) is 0 Å². The molecule has 0 bridgehead atoms. The van der Waals surface area contributed by atoms with Gasteiger partial charge in [0.2, 0.25) is 0 Å². The van der Waals surface area contributed by atoms with Crippen molar-refractivity contribution in [1.29, 1.82) is 0 Å². The quantitative estimate of drug-likeness (QED) is 0.711. The van der Waals surface area contributed by atoms with Gasteiger partial charge in [-0.3, -0.25) is 0 Å². The molecule has 1 nitrogen and oxygen atoms in total. The van der Waals surface area contributed by atoms with E-state index in [1.54, 1.807) is 7.05 Å². The number of rotatable bonds is 5. The number of alkyl halides is 3. The summed E-state index contributed by atoms with van der Waals surface area (Å²) in [7, 11) is 1.70. The lowest BCUT2D eigenvalue weighted by molar-refractivity contribution is -0.144. The minimum atomic E-state index is -4.00. The molecule has 0 unspecified atom stereocenters. The monoisotopic (exact) mass is 195 g/mol. The summed E-state index contributed by atoms with van der Waals surface area (Å²) in [5.74, 6) is 0.346. The molecule has 0 spiro atoms. The summed E-state index contributed by atoms with van der Waals surface area (Å²) < 4.78 is 36.2. The minimum absolute atomic E-state index is 0.225. The SMILES string of the molecule is CNC[C@H](CC1CC1)CC(F)(F)F. The van der Waals surface area contributed by atoms with Gasteiger partial charge < -0.3 is 5.32 Å². The van der Waals surface area contributed by atoms with Crippen LogP contribution in [0.1, 0.15) is 25.7 Å². The van der Waals surface area contributed by atoms with Crippen molar-refractivity contribution in [1.82, 2.24) is 5.32 Å². The zero-order valence-corrected chi connectivity index (χ0v) is 7.82. The fraction of sp³-hybridized carbons (Fsp3) is 1.00. The van der Waals surface area contributed by atoms with E-state index in [2.05, 4.69) is 5.32 Å². The van der Waals surface area contributed by atoms with Crippen molar-refractivity contribution in [2.45, 2.75) is 31.9 Å². The molecule has 0 amide bonds. The van der Waals surface area contributed by atoms with Crippen LogP contribution in [0.3, 0.4) is 0 Å². The Kier molecular flexibility index (Phi) is 3.59. The van der Waals surface area contributed by atoms with Crippen molar-refractivity contribution < 1.29 is 13.2 Å². The van der Waals surface area contributed by atoms with Gasteiger partial charge in [0.25, 0.3) is 0 Å². The smallest absolute Gasteiger partial charge is 0.319 e. The standard InChI is InChI=1S/C9H16F3N/c1-13-6-8(4-7-2-3-7)5-9(10,11)12/h7-8,13H,2-6H2,1H3/t8-/m1/s1. The fourth-order valence-corrected chi connectivity index (χ4v) is 1.68. The average molecular weight is 195 g/mol. The van der Waals surface area contributed by atoms with Crippen LogP contribution in [0.4, 0.5) is 13.2 Å². The van der Waals surface area contributed by atoms with E-state index in [4.69, 9.17) is 0 Å². The Morgan fingerprint density at radius 3 is 2.38 bits per heavy atom. The Bertz CT molecular complexity index is 151. The Hall–Kier alpha value is -0.250.